The summed E-state index contributed by atoms with van der Waals surface area (Å²) >= 11 is 0. The van der Waals surface area contributed by atoms with Gasteiger partial charge in [-0.2, -0.15) is 0 Å². The maximum atomic E-state index is 8.40. The fraction of sp³-hybridized carbons (Fsp3) is 1.00. The average molecular weight is 136 g/mol. The van der Waals surface area contributed by atoms with Crippen molar-refractivity contribution in [2.24, 2.45) is 0 Å². The summed E-state index contributed by atoms with van der Waals surface area (Å²) in [5, 5.41) is 0. The van der Waals surface area contributed by atoms with Crippen LogP contribution in [0.15, 0.2) is 0 Å². The molecule has 0 bridgehead atoms. The van der Waals surface area contributed by atoms with Gasteiger partial charge in [-0.05, 0) is 6.92 Å². The monoisotopic (exact) mass is 136 g/mol. The van der Waals surface area contributed by atoms with E-state index in [1.807, 2.05) is 6.92 Å². The van der Waals surface area contributed by atoms with Gasteiger partial charge in [-0.3, -0.25) is 8.92 Å². The summed E-state index contributed by atoms with van der Waals surface area (Å²) < 4.78 is 21.5. The summed E-state index contributed by atoms with van der Waals surface area (Å²) in [5.74, 6) is 0. The van der Waals surface area contributed by atoms with E-state index in [-0.39, 0.29) is 0 Å². The standard InChI is InChI=1S/C2H8OSi.O2Si/c1-2-3-4;1-3-2/h2H2,1,4H3;. The van der Waals surface area contributed by atoms with Crippen molar-refractivity contribution in [1.82, 2.24) is 0 Å². The normalized spacial score (nSPS) is 5.86. The maximum Gasteiger partial charge on any atom is 0.549 e. The van der Waals surface area contributed by atoms with Crippen LogP contribution in [0, 0.1) is 0 Å². The van der Waals surface area contributed by atoms with Gasteiger partial charge in [-0.25, -0.2) is 0 Å². The molecule has 0 aliphatic carbocycles. The molecule has 0 saturated heterocycles. The fourth-order valence-corrected chi connectivity index (χ4v) is 0. The lowest BCUT2D eigenvalue weighted by Gasteiger charge is -1.77. The predicted octanol–water partition coefficient (Wildman–Crippen LogP) is -1.32. The van der Waals surface area contributed by atoms with Crippen LogP contribution in [-0.2, 0) is 13.3 Å². The van der Waals surface area contributed by atoms with Gasteiger partial charge in [0.2, 0.25) is 0 Å². The zero-order chi connectivity index (χ0) is 6.12. The third kappa shape index (κ3) is 96.8. The molecule has 7 heavy (non-hydrogen) atoms. The topological polar surface area (TPSA) is 43.4 Å². The van der Waals surface area contributed by atoms with E-state index in [0.29, 0.717) is 0 Å². The first-order chi connectivity index (χ1) is 3.33. The van der Waals surface area contributed by atoms with Gasteiger partial charge in [0.1, 0.15) is 10.5 Å². The predicted molar refractivity (Wildman–Crippen MR) is 28.7 cm³/mol. The molecule has 0 N–H and O–H groups in total. The molecule has 42 valence electrons. The molecule has 0 heterocycles. The Hall–Kier alpha value is -0.00623. The molecule has 0 aliphatic rings. The molecular weight excluding hydrogens is 128 g/mol. The summed E-state index contributed by atoms with van der Waals surface area (Å²) in [6, 6.07) is 0. The number of hydrogen-bond acceptors (Lipinski definition) is 3. The Bertz CT molecular complexity index is 46.9. The lowest BCUT2D eigenvalue weighted by molar-refractivity contribution is 0.375. The van der Waals surface area contributed by atoms with Gasteiger partial charge < -0.3 is 4.43 Å². The summed E-state index contributed by atoms with van der Waals surface area (Å²) in [6.45, 7) is 2.87. The molecule has 0 aromatic carbocycles. The molecule has 0 amide bonds. The second kappa shape index (κ2) is 16.7. The minimum Gasteiger partial charge on any atom is -0.428 e. The van der Waals surface area contributed by atoms with Crippen LogP contribution >= 0.6 is 0 Å². The average Bonchev–Trinajstić information content (AvgIpc) is 1.69. The third-order valence-corrected chi connectivity index (χ3v) is 0.866. The Morgan fingerprint density at radius 3 is 1.86 bits per heavy atom. The SMILES string of the molecule is CCO[SiH3].O=[Si]=O. The first-order valence-corrected chi connectivity index (χ1v) is 3.45. The van der Waals surface area contributed by atoms with Crippen LogP contribution < -0.4 is 0 Å². The second-order valence-corrected chi connectivity index (χ2v) is 1.40. The van der Waals surface area contributed by atoms with Gasteiger partial charge >= 0.3 is 9.29 Å². The highest BCUT2D eigenvalue weighted by atomic mass is 28.2. The van der Waals surface area contributed by atoms with E-state index < -0.39 is 9.29 Å². The van der Waals surface area contributed by atoms with Crippen molar-refractivity contribution in [2.45, 2.75) is 6.92 Å². The minimum absolute atomic E-state index is 0.881. The summed E-state index contributed by atoms with van der Waals surface area (Å²) in [6.07, 6.45) is 0. The lowest BCUT2D eigenvalue weighted by atomic mass is 10.9. The Kier molecular flexibility index (Phi) is 24.0. The van der Waals surface area contributed by atoms with E-state index >= 15 is 0 Å². The molecule has 0 aromatic rings. The molecule has 0 fully saturated rings. The van der Waals surface area contributed by atoms with Gasteiger partial charge in [-0.15, -0.1) is 0 Å². The van der Waals surface area contributed by atoms with Crippen LogP contribution in [0.5, 0.6) is 0 Å². The molecule has 0 atom stereocenters. The van der Waals surface area contributed by atoms with Crippen molar-refractivity contribution < 1.29 is 13.3 Å². The van der Waals surface area contributed by atoms with Crippen LogP contribution in [0.3, 0.4) is 0 Å². The van der Waals surface area contributed by atoms with Crippen LogP contribution in [0.4, 0.5) is 0 Å². The molecule has 0 rings (SSSR count). The lowest BCUT2D eigenvalue weighted by Crippen LogP contribution is -1.76. The molecule has 3 nitrogen and oxygen atoms in total. The van der Waals surface area contributed by atoms with Gasteiger partial charge in [0, 0.05) is 6.61 Å². The van der Waals surface area contributed by atoms with E-state index in [2.05, 4.69) is 4.43 Å². The molecule has 0 spiro atoms. The van der Waals surface area contributed by atoms with Crippen molar-refractivity contribution in [1.29, 1.82) is 0 Å². The number of rotatable bonds is 1. The van der Waals surface area contributed by atoms with E-state index in [9.17, 15) is 0 Å². The highest BCUT2D eigenvalue weighted by molar-refractivity contribution is 5.97. The van der Waals surface area contributed by atoms with Crippen LogP contribution in [0.25, 0.3) is 0 Å². The van der Waals surface area contributed by atoms with Crippen LogP contribution in [-0.4, -0.2) is 26.4 Å². The van der Waals surface area contributed by atoms with Gasteiger partial charge in [0.15, 0.2) is 0 Å². The highest BCUT2D eigenvalue weighted by Gasteiger charge is 1.51. The fourth-order valence-electron chi connectivity index (χ4n) is 0. The van der Waals surface area contributed by atoms with Crippen molar-refractivity contribution in [3.8, 4) is 0 Å². The van der Waals surface area contributed by atoms with Crippen molar-refractivity contribution in [3.63, 3.8) is 0 Å². The summed E-state index contributed by atoms with van der Waals surface area (Å²) in [7, 11) is -0.527. The number of hydrogen-bond donors (Lipinski definition) is 0. The molecule has 0 aromatic heterocycles. The zero-order valence-corrected chi connectivity index (χ0v) is 7.43. The Morgan fingerprint density at radius 1 is 1.71 bits per heavy atom. The first kappa shape index (κ1) is 10.1. The van der Waals surface area contributed by atoms with Gasteiger partial charge in [-0.1, -0.05) is 0 Å². The first-order valence-electron chi connectivity index (χ1n) is 1.81. The maximum absolute atomic E-state index is 8.40. The van der Waals surface area contributed by atoms with Crippen molar-refractivity contribution >= 4 is 19.8 Å². The van der Waals surface area contributed by atoms with Crippen molar-refractivity contribution in [2.75, 3.05) is 6.61 Å². The molecule has 0 aliphatic heterocycles. The smallest absolute Gasteiger partial charge is 0.428 e. The Morgan fingerprint density at radius 2 is 1.86 bits per heavy atom. The van der Waals surface area contributed by atoms with Crippen LogP contribution in [0.1, 0.15) is 6.92 Å². The van der Waals surface area contributed by atoms with Gasteiger partial charge in [0.05, 0.1) is 0 Å². The molecule has 0 radical (unpaired) electrons. The molecular formula is C2H8O3Si2. The van der Waals surface area contributed by atoms with E-state index in [4.69, 9.17) is 8.92 Å². The quantitative estimate of drug-likeness (QED) is 0.420. The Labute approximate surface area is 47.5 Å². The minimum atomic E-state index is -1.42. The second-order valence-electron chi connectivity index (χ2n) is 0.661. The molecule has 5 heteroatoms. The van der Waals surface area contributed by atoms with E-state index in [0.717, 1.165) is 17.1 Å². The highest BCUT2D eigenvalue weighted by Crippen LogP contribution is 1.50. The largest absolute Gasteiger partial charge is 0.549 e. The zero-order valence-electron chi connectivity index (χ0n) is 4.43. The van der Waals surface area contributed by atoms with E-state index in [1.165, 1.54) is 0 Å². The van der Waals surface area contributed by atoms with Gasteiger partial charge in [0.25, 0.3) is 0 Å². The molecule has 0 unspecified atom stereocenters. The molecule has 0 saturated carbocycles. The van der Waals surface area contributed by atoms with E-state index in [1.54, 1.807) is 0 Å². The summed E-state index contributed by atoms with van der Waals surface area (Å²) in [4.78, 5) is 0. The third-order valence-electron chi connectivity index (χ3n) is 0.289. The van der Waals surface area contributed by atoms with Crippen LogP contribution in [0.2, 0.25) is 0 Å². The Balaban J connectivity index is 0. The summed E-state index contributed by atoms with van der Waals surface area (Å²) in [5.41, 5.74) is 0. The van der Waals surface area contributed by atoms with Crippen molar-refractivity contribution in [3.05, 3.63) is 0 Å².